The molecule has 2 N–H and O–H groups in total. The van der Waals surface area contributed by atoms with Crippen molar-refractivity contribution < 1.29 is 9.72 Å². The highest BCUT2D eigenvalue weighted by molar-refractivity contribution is 5.93. The molecule has 20 heavy (non-hydrogen) atoms. The largest absolute Gasteiger partial charge is 0.351 e. The fourth-order valence-corrected chi connectivity index (χ4v) is 2.60. The van der Waals surface area contributed by atoms with E-state index in [1.165, 1.54) is 12.3 Å². The maximum Gasteiger partial charge on any atom is 0.287 e. The number of rotatable bonds is 3. The van der Waals surface area contributed by atoms with Crippen LogP contribution in [0.1, 0.15) is 10.5 Å². The molecule has 2 aliphatic rings. The molecule has 2 aliphatic heterocycles. The summed E-state index contributed by atoms with van der Waals surface area (Å²) in [4.78, 5) is 29.2. The number of amides is 1. The van der Waals surface area contributed by atoms with Crippen molar-refractivity contribution in [3.05, 3.63) is 28.1 Å². The van der Waals surface area contributed by atoms with Crippen molar-refractivity contribution in [3.8, 4) is 0 Å². The minimum Gasteiger partial charge on any atom is -0.351 e. The first-order chi connectivity index (χ1) is 9.65. The average molecular weight is 279 g/mol. The minimum atomic E-state index is -0.505. The molecule has 2 saturated heterocycles. The van der Waals surface area contributed by atoms with Crippen LogP contribution in [0.2, 0.25) is 0 Å². The number of nitro groups is 1. The molecule has 0 atom stereocenters. The molecule has 0 aliphatic carbocycles. The Morgan fingerprint density at radius 2 is 2.00 bits per heavy atom. The standard InChI is InChI=1S/C12H17N5O3/c18-12(11-5-9(8-14-11)17(19)20)16-3-1-15(2-4-16)10-6-13-7-10/h5,8,10,13-14H,1-4,6-7H2. The second-order valence-electron chi connectivity index (χ2n) is 5.17. The van der Waals surface area contributed by atoms with E-state index < -0.39 is 4.92 Å². The molecule has 0 saturated carbocycles. The fraction of sp³-hybridized carbons (Fsp3) is 0.583. The molecule has 1 aromatic heterocycles. The van der Waals surface area contributed by atoms with E-state index in [0.717, 1.165) is 26.2 Å². The molecule has 0 radical (unpaired) electrons. The van der Waals surface area contributed by atoms with E-state index in [1.807, 2.05) is 0 Å². The van der Waals surface area contributed by atoms with Crippen LogP contribution < -0.4 is 5.32 Å². The van der Waals surface area contributed by atoms with Gasteiger partial charge in [0.05, 0.1) is 11.1 Å². The van der Waals surface area contributed by atoms with E-state index in [2.05, 4.69) is 15.2 Å². The topological polar surface area (TPSA) is 94.5 Å². The number of carbonyl (C=O) groups excluding carboxylic acids is 1. The van der Waals surface area contributed by atoms with Gasteiger partial charge in [-0.2, -0.15) is 0 Å². The summed E-state index contributed by atoms with van der Waals surface area (Å²) in [6.07, 6.45) is 1.25. The third-order valence-electron chi connectivity index (χ3n) is 3.99. The lowest BCUT2D eigenvalue weighted by Crippen LogP contribution is -2.62. The van der Waals surface area contributed by atoms with E-state index in [1.54, 1.807) is 4.90 Å². The molecule has 1 amide bonds. The molecule has 0 aromatic carbocycles. The van der Waals surface area contributed by atoms with E-state index in [-0.39, 0.29) is 17.3 Å². The van der Waals surface area contributed by atoms with Crippen molar-refractivity contribution in [2.75, 3.05) is 39.3 Å². The molecular weight excluding hydrogens is 262 g/mol. The quantitative estimate of drug-likeness (QED) is 0.582. The molecule has 0 spiro atoms. The normalized spacial score (nSPS) is 20.7. The van der Waals surface area contributed by atoms with Crippen molar-refractivity contribution in [3.63, 3.8) is 0 Å². The summed E-state index contributed by atoms with van der Waals surface area (Å²) in [5.74, 6) is -0.163. The minimum absolute atomic E-state index is 0.0764. The molecule has 8 nitrogen and oxygen atoms in total. The lowest BCUT2D eigenvalue weighted by Gasteiger charge is -2.43. The van der Waals surface area contributed by atoms with Gasteiger partial charge in [0.2, 0.25) is 0 Å². The number of nitrogens with one attached hydrogen (secondary N) is 2. The van der Waals surface area contributed by atoms with Gasteiger partial charge in [0, 0.05) is 51.4 Å². The van der Waals surface area contributed by atoms with Crippen LogP contribution in [-0.4, -0.2) is 70.9 Å². The summed E-state index contributed by atoms with van der Waals surface area (Å²) in [7, 11) is 0. The van der Waals surface area contributed by atoms with Crippen LogP contribution in [0.3, 0.4) is 0 Å². The lowest BCUT2D eigenvalue weighted by atomic mass is 10.1. The van der Waals surface area contributed by atoms with Gasteiger partial charge in [-0.1, -0.05) is 0 Å². The molecule has 0 unspecified atom stereocenters. The van der Waals surface area contributed by atoms with Crippen molar-refractivity contribution in [2.24, 2.45) is 0 Å². The van der Waals surface area contributed by atoms with Crippen molar-refractivity contribution in [2.45, 2.75) is 6.04 Å². The molecule has 1 aromatic rings. The average Bonchev–Trinajstić information content (AvgIpc) is 2.86. The van der Waals surface area contributed by atoms with Crippen molar-refractivity contribution >= 4 is 11.6 Å². The highest BCUT2D eigenvalue weighted by Gasteiger charge is 2.30. The van der Waals surface area contributed by atoms with Crippen LogP contribution in [0.25, 0.3) is 0 Å². The molecule has 2 fully saturated rings. The molecule has 108 valence electrons. The first-order valence-electron chi connectivity index (χ1n) is 6.72. The number of hydrogen-bond acceptors (Lipinski definition) is 5. The molecule has 8 heteroatoms. The first-order valence-corrected chi connectivity index (χ1v) is 6.72. The van der Waals surface area contributed by atoms with Crippen molar-refractivity contribution in [1.82, 2.24) is 20.1 Å². The smallest absolute Gasteiger partial charge is 0.287 e. The SMILES string of the molecule is O=C(c1cc([N+](=O)[O-])c[nH]1)N1CCN(C2CNC2)CC1. The highest BCUT2D eigenvalue weighted by atomic mass is 16.6. The third kappa shape index (κ3) is 2.39. The van der Waals surface area contributed by atoms with Gasteiger partial charge in [-0.15, -0.1) is 0 Å². The summed E-state index contributed by atoms with van der Waals surface area (Å²) < 4.78 is 0. The Bertz CT molecular complexity index is 517. The van der Waals surface area contributed by atoms with Crippen LogP contribution in [0, 0.1) is 10.1 Å². The van der Waals surface area contributed by atoms with Gasteiger partial charge in [0.1, 0.15) is 5.69 Å². The number of aromatic amines is 1. The van der Waals surface area contributed by atoms with Crippen LogP contribution in [0.4, 0.5) is 5.69 Å². The number of nitrogens with zero attached hydrogens (tertiary/aromatic N) is 3. The van der Waals surface area contributed by atoms with Crippen LogP contribution in [0.5, 0.6) is 0 Å². The van der Waals surface area contributed by atoms with Gasteiger partial charge in [-0.3, -0.25) is 19.8 Å². The fourth-order valence-electron chi connectivity index (χ4n) is 2.60. The van der Waals surface area contributed by atoms with Gasteiger partial charge in [-0.25, -0.2) is 0 Å². The van der Waals surface area contributed by atoms with E-state index in [9.17, 15) is 14.9 Å². The monoisotopic (exact) mass is 279 g/mol. The summed E-state index contributed by atoms with van der Waals surface area (Å²) in [6.45, 7) is 5.11. The number of carbonyl (C=O) groups is 1. The lowest BCUT2D eigenvalue weighted by molar-refractivity contribution is -0.384. The Morgan fingerprint density at radius 1 is 1.30 bits per heavy atom. The Hall–Kier alpha value is -1.93. The van der Waals surface area contributed by atoms with Crippen molar-refractivity contribution in [1.29, 1.82) is 0 Å². The second-order valence-corrected chi connectivity index (χ2v) is 5.17. The van der Waals surface area contributed by atoms with Crippen LogP contribution in [-0.2, 0) is 0 Å². The predicted octanol–water partition coefficient (Wildman–Crippen LogP) is -0.347. The van der Waals surface area contributed by atoms with E-state index >= 15 is 0 Å². The Morgan fingerprint density at radius 3 is 2.50 bits per heavy atom. The zero-order valence-corrected chi connectivity index (χ0v) is 11.0. The number of hydrogen-bond donors (Lipinski definition) is 2. The number of H-pyrrole nitrogens is 1. The van der Waals surface area contributed by atoms with Gasteiger partial charge >= 0.3 is 0 Å². The summed E-state index contributed by atoms with van der Waals surface area (Å²) >= 11 is 0. The molecule has 3 heterocycles. The van der Waals surface area contributed by atoms with Gasteiger partial charge in [-0.05, 0) is 0 Å². The van der Waals surface area contributed by atoms with E-state index in [4.69, 9.17) is 0 Å². The summed E-state index contributed by atoms with van der Waals surface area (Å²) in [5.41, 5.74) is 0.211. The Balaban J connectivity index is 1.59. The van der Waals surface area contributed by atoms with Crippen LogP contribution >= 0.6 is 0 Å². The Labute approximate surface area is 115 Å². The van der Waals surface area contributed by atoms with Gasteiger partial charge in [0.15, 0.2) is 0 Å². The maximum absolute atomic E-state index is 12.2. The number of aromatic nitrogens is 1. The zero-order valence-electron chi connectivity index (χ0n) is 11.0. The van der Waals surface area contributed by atoms with Gasteiger partial charge < -0.3 is 15.2 Å². The first kappa shape index (κ1) is 13.1. The van der Waals surface area contributed by atoms with Crippen LogP contribution in [0.15, 0.2) is 12.3 Å². The maximum atomic E-state index is 12.2. The summed E-state index contributed by atoms with van der Waals surface area (Å²) in [5, 5.41) is 13.9. The van der Waals surface area contributed by atoms with E-state index in [0.29, 0.717) is 19.1 Å². The molecular formula is C12H17N5O3. The third-order valence-corrected chi connectivity index (χ3v) is 3.99. The summed E-state index contributed by atoms with van der Waals surface area (Å²) in [6, 6.07) is 1.89. The van der Waals surface area contributed by atoms with Gasteiger partial charge in [0.25, 0.3) is 11.6 Å². The second kappa shape index (κ2) is 5.22. The molecule has 0 bridgehead atoms. The molecule has 3 rings (SSSR count). The number of piperazine rings is 1. The predicted molar refractivity (Wildman–Crippen MR) is 71.6 cm³/mol. The Kier molecular flexibility index (Phi) is 3.41. The zero-order chi connectivity index (χ0) is 14.1. The highest BCUT2D eigenvalue weighted by Crippen LogP contribution is 2.16.